The zero-order valence-electron chi connectivity index (χ0n) is 9.22. The number of likely N-dealkylation sites (tertiary alicyclic amines) is 1. The molecule has 0 aromatic rings. The molecule has 0 unspecified atom stereocenters. The van der Waals surface area contributed by atoms with Gasteiger partial charge in [-0.05, 0) is 25.3 Å². The van der Waals surface area contributed by atoms with Crippen molar-refractivity contribution in [3.8, 4) is 0 Å². The van der Waals surface area contributed by atoms with Gasteiger partial charge in [-0.15, -0.1) is 11.6 Å². The maximum atomic E-state index is 5.64. The van der Waals surface area contributed by atoms with Gasteiger partial charge in [0.05, 0.1) is 12.7 Å². The Morgan fingerprint density at radius 1 is 1.47 bits per heavy atom. The van der Waals surface area contributed by atoms with E-state index in [9.17, 15) is 0 Å². The van der Waals surface area contributed by atoms with Gasteiger partial charge >= 0.3 is 0 Å². The Kier molecular flexibility index (Phi) is 6.66. The summed E-state index contributed by atoms with van der Waals surface area (Å²) in [6.45, 7) is 5.89. The lowest BCUT2D eigenvalue weighted by Gasteiger charge is -2.31. The van der Waals surface area contributed by atoms with Crippen molar-refractivity contribution in [1.82, 2.24) is 4.90 Å². The zero-order chi connectivity index (χ0) is 11.1. The molecule has 0 saturated carbocycles. The maximum Gasteiger partial charge on any atom is 0.0605 e. The van der Waals surface area contributed by atoms with Gasteiger partial charge in [-0.3, -0.25) is 4.90 Å². The molecule has 2 nitrogen and oxygen atoms in total. The van der Waals surface area contributed by atoms with Crippen molar-refractivity contribution in [3.63, 3.8) is 0 Å². The summed E-state index contributed by atoms with van der Waals surface area (Å²) < 4.78 is 5.61. The Labute approximate surface area is 102 Å². The van der Waals surface area contributed by atoms with E-state index in [1.54, 1.807) is 5.54 Å². The molecule has 0 radical (unpaired) electrons. The molecule has 0 N–H and O–H groups in total. The van der Waals surface area contributed by atoms with Gasteiger partial charge in [-0.25, -0.2) is 0 Å². The van der Waals surface area contributed by atoms with Crippen LogP contribution >= 0.6 is 23.2 Å². The molecular weight excluding hydrogens is 233 g/mol. The lowest BCUT2D eigenvalue weighted by molar-refractivity contribution is 0.0172. The van der Waals surface area contributed by atoms with Crippen molar-refractivity contribution in [2.45, 2.75) is 25.9 Å². The molecule has 0 bridgehead atoms. The molecule has 88 valence electrons. The van der Waals surface area contributed by atoms with Crippen molar-refractivity contribution in [2.75, 3.05) is 32.1 Å². The molecule has 4 heteroatoms. The average molecular weight is 252 g/mol. The minimum atomic E-state index is 0.403. The number of rotatable bonds is 5. The number of halogens is 2. The highest BCUT2D eigenvalue weighted by Gasteiger charge is 2.19. The monoisotopic (exact) mass is 251 g/mol. The molecule has 1 saturated heterocycles. The average Bonchev–Trinajstić information content (AvgIpc) is 2.28. The topological polar surface area (TPSA) is 12.5 Å². The van der Waals surface area contributed by atoms with Crippen LogP contribution in [0.5, 0.6) is 0 Å². The predicted molar refractivity (Wildman–Crippen MR) is 65.7 cm³/mol. The summed E-state index contributed by atoms with van der Waals surface area (Å²) >= 11 is 11.2. The van der Waals surface area contributed by atoms with Crippen LogP contribution < -0.4 is 0 Å². The van der Waals surface area contributed by atoms with Crippen molar-refractivity contribution in [2.24, 2.45) is 0 Å². The highest BCUT2D eigenvalue weighted by Crippen LogP contribution is 2.15. The van der Waals surface area contributed by atoms with Crippen LogP contribution in [0.1, 0.15) is 19.8 Å². The van der Waals surface area contributed by atoms with E-state index < -0.39 is 0 Å². The maximum absolute atomic E-state index is 5.64. The van der Waals surface area contributed by atoms with E-state index >= 15 is 0 Å². The largest absolute Gasteiger partial charge is 0.377 e. The van der Waals surface area contributed by atoms with Crippen molar-refractivity contribution >= 4 is 23.2 Å². The number of ether oxygens (including phenoxy) is 1. The smallest absolute Gasteiger partial charge is 0.0605 e. The van der Waals surface area contributed by atoms with Crippen LogP contribution in [-0.2, 0) is 4.74 Å². The van der Waals surface area contributed by atoms with E-state index in [4.69, 9.17) is 27.9 Å². The Morgan fingerprint density at radius 2 is 2.13 bits per heavy atom. The zero-order valence-corrected chi connectivity index (χ0v) is 10.7. The minimum Gasteiger partial charge on any atom is -0.377 e. The summed E-state index contributed by atoms with van der Waals surface area (Å²) in [5.74, 6) is 0.592. The third-order valence-corrected chi connectivity index (χ3v) is 3.15. The van der Waals surface area contributed by atoms with Gasteiger partial charge in [-0.1, -0.05) is 11.6 Å². The van der Waals surface area contributed by atoms with Crippen LogP contribution in [0.25, 0.3) is 0 Å². The van der Waals surface area contributed by atoms with Gasteiger partial charge < -0.3 is 4.74 Å². The highest BCUT2D eigenvalue weighted by molar-refractivity contribution is 6.25. The summed E-state index contributed by atoms with van der Waals surface area (Å²) in [7, 11) is 0. The number of piperidine rings is 1. The van der Waals surface area contributed by atoms with Crippen LogP contribution in [-0.4, -0.2) is 43.1 Å². The fourth-order valence-electron chi connectivity index (χ4n) is 1.83. The number of hydrogen-bond donors (Lipinski definition) is 0. The highest BCUT2D eigenvalue weighted by atomic mass is 35.5. The second-order valence-electron chi connectivity index (χ2n) is 3.99. The van der Waals surface area contributed by atoms with Gasteiger partial charge in [0.25, 0.3) is 0 Å². The van der Waals surface area contributed by atoms with Crippen LogP contribution in [0, 0.1) is 0 Å². The van der Waals surface area contributed by atoms with E-state index in [1.165, 1.54) is 5.57 Å². The lowest BCUT2D eigenvalue weighted by atomic mass is 10.1. The molecule has 1 aliphatic rings. The van der Waals surface area contributed by atoms with Gasteiger partial charge in [0, 0.05) is 31.0 Å². The first-order valence-corrected chi connectivity index (χ1v) is 6.39. The minimum absolute atomic E-state index is 0.403. The summed E-state index contributed by atoms with van der Waals surface area (Å²) in [6.07, 6.45) is 2.61. The normalized spacial score (nSPS) is 20.9. The van der Waals surface area contributed by atoms with E-state index in [-0.39, 0.29) is 0 Å². The van der Waals surface area contributed by atoms with E-state index in [0.29, 0.717) is 18.6 Å². The van der Waals surface area contributed by atoms with Crippen molar-refractivity contribution < 1.29 is 4.74 Å². The summed E-state index contributed by atoms with van der Waals surface area (Å²) in [5.41, 5.74) is 2.88. The van der Waals surface area contributed by atoms with Crippen molar-refractivity contribution in [3.05, 3.63) is 11.1 Å². The molecule has 0 atom stereocenters. The third-order valence-electron chi connectivity index (χ3n) is 2.62. The fraction of sp³-hybridized carbons (Fsp3) is 0.818. The molecule has 0 aromatic carbocycles. The first-order valence-electron chi connectivity index (χ1n) is 5.42. The Bertz CT molecular complexity index is 201. The Hall–Kier alpha value is 0.240. The SMILES string of the molecule is CC(=CCl)CN1CCC(OCCCl)CC1. The van der Waals surface area contributed by atoms with Gasteiger partial charge in [0.15, 0.2) is 0 Å². The van der Waals surface area contributed by atoms with E-state index in [1.807, 2.05) is 0 Å². The number of nitrogens with zero attached hydrogens (tertiary/aromatic N) is 1. The second-order valence-corrected chi connectivity index (χ2v) is 4.59. The van der Waals surface area contributed by atoms with Crippen LogP contribution in [0.4, 0.5) is 0 Å². The first-order chi connectivity index (χ1) is 7.26. The summed E-state index contributed by atoms with van der Waals surface area (Å²) in [6, 6.07) is 0. The molecule has 1 rings (SSSR count). The van der Waals surface area contributed by atoms with Crippen LogP contribution in [0.2, 0.25) is 0 Å². The van der Waals surface area contributed by atoms with Gasteiger partial charge in [-0.2, -0.15) is 0 Å². The van der Waals surface area contributed by atoms with Gasteiger partial charge in [0.2, 0.25) is 0 Å². The third kappa shape index (κ3) is 5.21. The van der Waals surface area contributed by atoms with Gasteiger partial charge in [0.1, 0.15) is 0 Å². The standard InChI is InChI=1S/C11H19Cl2NO/c1-10(8-13)9-14-5-2-11(3-6-14)15-7-4-12/h8,11H,2-7,9H2,1H3. The lowest BCUT2D eigenvalue weighted by Crippen LogP contribution is -2.38. The molecule has 0 amide bonds. The molecule has 0 aromatic heterocycles. The van der Waals surface area contributed by atoms with Crippen LogP contribution in [0.15, 0.2) is 11.1 Å². The molecular formula is C11H19Cl2NO. The molecule has 1 aliphatic heterocycles. The van der Waals surface area contributed by atoms with E-state index in [2.05, 4.69) is 11.8 Å². The molecule has 1 fully saturated rings. The quantitative estimate of drug-likeness (QED) is 0.697. The Balaban J connectivity index is 2.18. The number of hydrogen-bond acceptors (Lipinski definition) is 2. The Morgan fingerprint density at radius 3 is 2.67 bits per heavy atom. The predicted octanol–water partition coefficient (Wildman–Crippen LogP) is 2.85. The molecule has 1 heterocycles. The van der Waals surface area contributed by atoms with Crippen molar-refractivity contribution in [1.29, 1.82) is 0 Å². The molecule has 15 heavy (non-hydrogen) atoms. The summed E-state index contributed by atoms with van der Waals surface area (Å²) in [4.78, 5) is 2.41. The second kappa shape index (κ2) is 7.50. The molecule has 0 aliphatic carbocycles. The fourth-order valence-corrected chi connectivity index (χ4v) is 1.99. The van der Waals surface area contributed by atoms with E-state index in [0.717, 1.165) is 32.5 Å². The first kappa shape index (κ1) is 13.3. The molecule has 0 spiro atoms. The number of alkyl halides is 1. The summed E-state index contributed by atoms with van der Waals surface area (Å²) in [5, 5.41) is 0. The van der Waals surface area contributed by atoms with Crippen LogP contribution in [0.3, 0.4) is 0 Å².